The summed E-state index contributed by atoms with van der Waals surface area (Å²) in [5.74, 6) is 0.916. The molecule has 5 nitrogen and oxygen atoms in total. The number of hydrogen-bond acceptors (Lipinski definition) is 4. The molecule has 3 aromatic rings. The molecule has 5 heteroatoms. The van der Waals surface area contributed by atoms with Crippen LogP contribution in [0.25, 0.3) is 23.1 Å². The van der Waals surface area contributed by atoms with Crippen molar-refractivity contribution in [1.82, 2.24) is 15.1 Å². The lowest BCUT2D eigenvalue weighted by molar-refractivity contribution is 0.0358. The van der Waals surface area contributed by atoms with Gasteiger partial charge in [-0.15, -0.1) is 0 Å². The molecule has 0 spiro atoms. The van der Waals surface area contributed by atoms with Crippen LogP contribution in [-0.4, -0.2) is 54.6 Å². The van der Waals surface area contributed by atoms with Crippen molar-refractivity contribution < 1.29 is 9.47 Å². The first-order valence-electron chi connectivity index (χ1n) is 9.53. The Morgan fingerprint density at radius 2 is 1.85 bits per heavy atom. The summed E-state index contributed by atoms with van der Waals surface area (Å²) in [5.41, 5.74) is 3.13. The van der Waals surface area contributed by atoms with Crippen molar-refractivity contribution in [2.75, 3.05) is 39.5 Å². The van der Waals surface area contributed by atoms with Crippen LogP contribution in [0.2, 0.25) is 0 Å². The standard InChI is InChI=1S/C22H25N3O2/c1-2-5-21-20(4-1)22(24-23-21)11-8-18-6-9-19(10-7-18)27-15-3-12-25-13-16-26-17-14-25/h1-2,4-11H,3,12-17H2,(H,23,24). The summed E-state index contributed by atoms with van der Waals surface area (Å²) in [7, 11) is 0. The zero-order chi connectivity index (χ0) is 18.3. The molecule has 1 aliphatic heterocycles. The molecular weight excluding hydrogens is 338 g/mol. The lowest BCUT2D eigenvalue weighted by Crippen LogP contribution is -2.37. The van der Waals surface area contributed by atoms with Crippen LogP contribution in [0.4, 0.5) is 0 Å². The van der Waals surface area contributed by atoms with E-state index >= 15 is 0 Å². The number of nitrogens with one attached hydrogen (secondary N) is 1. The molecule has 0 unspecified atom stereocenters. The number of nitrogens with zero attached hydrogens (tertiary/aromatic N) is 2. The lowest BCUT2D eigenvalue weighted by atomic mass is 10.1. The second-order valence-electron chi connectivity index (χ2n) is 6.71. The van der Waals surface area contributed by atoms with Gasteiger partial charge in [-0.05, 0) is 36.3 Å². The molecule has 140 valence electrons. The number of para-hydroxylation sites is 1. The monoisotopic (exact) mass is 363 g/mol. The molecule has 4 rings (SSSR count). The van der Waals surface area contributed by atoms with Crippen LogP contribution in [-0.2, 0) is 4.74 Å². The van der Waals surface area contributed by atoms with Crippen molar-refractivity contribution in [2.24, 2.45) is 0 Å². The van der Waals surface area contributed by atoms with Gasteiger partial charge in [-0.3, -0.25) is 10.00 Å². The third-order valence-electron chi connectivity index (χ3n) is 4.80. The van der Waals surface area contributed by atoms with Gasteiger partial charge in [0.05, 0.1) is 31.0 Å². The highest BCUT2D eigenvalue weighted by molar-refractivity contribution is 5.89. The molecule has 0 amide bonds. The number of hydrogen-bond donors (Lipinski definition) is 1. The first kappa shape index (κ1) is 17.8. The Morgan fingerprint density at radius 1 is 1.04 bits per heavy atom. The van der Waals surface area contributed by atoms with Crippen LogP contribution in [0.1, 0.15) is 17.7 Å². The Kier molecular flexibility index (Phi) is 5.82. The molecule has 0 aliphatic carbocycles. The molecule has 0 radical (unpaired) electrons. The second-order valence-corrected chi connectivity index (χ2v) is 6.71. The van der Waals surface area contributed by atoms with E-state index in [-0.39, 0.29) is 0 Å². The Morgan fingerprint density at radius 3 is 2.70 bits per heavy atom. The number of aromatic amines is 1. The molecule has 27 heavy (non-hydrogen) atoms. The van der Waals surface area contributed by atoms with E-state index < -0.39 is 0 Å². The number of aromatic nitrogens is 2. The summed E-state index contributed by atoms with van der Waals surface area (Å²) in [4.78, 5) is 2.43. The molecule has 1 N–H and O–H groups in total. The van der Waals surface area contributed by atoms with Gasteiger partial charge in [0.15, 0.2) is 0 Å². The highest BCUT2D eigenvalue weighted by Crippen LogP contribution is 2.19. The predicted molar refractivity (Wildman–Crippen MR) is 109 cm³/mol. The van der Waals surface area contributed by atoms with E-state index in [2.05, 4.69) is 39.4 Å². The lowest BCUT2D eigenvalue weighted by Gasteiger charge is -2.26. The van der Waals surface area contributed by atoms with Gasteiger partial charge in [-0.1, -0.05) is 36.4 Å². The maximum atomic E-state index is 5.86. The normalized spacial score (nSPS) is 15.6. The summed E-state index contributed by atoms with van der Waals surface area (Å²) < 4.78 is 11.2. The van der Waals surface area contributed by atoms with E-state index in [4.69, 9.17) is 9.47 Å². The molecule has 0 bridgehead atoms. The smallest absolute Gasteiger partial charge is 0.119 e. The first-order valence-corrected chi connectivity index (χ1v) is 9.53. The maximum Gasteiger partial charge on any atom is 0.119 e. The Balaban J connectivity index is 1.27. The van der Waals surface area contributed by atoms with Crippen molar-refractivity contribution in [3.8, 4) is 5.75 Å². The average molecular weight is 363 g/mol. The minimum Gasteiger partial charge on any atom is -0.494 e. The van der Waals surface area contributed by atoms with Crippen molar-refractivity contribution in [3.05, 3.63) is 59.8 Å². The molecule has 0 saturated carbocycles. The van der Waals surface area contributed by atoms with E-state index in [9.17, 15) is 0 Å². The van der Waals surface area contributed by atoms with Crippen molar-refractivity contribution >= 4 is 23.1 Å². The van der Waals surface area contributed by atoms with Crippen LogP contribution in [0.5, 0.6) is 5.75 Å². The maximum absolute atomic E-state index is 5.86. The van der Waals surface area contributed by atoms with Gasteiger partial charge in [-0.25, -0.2) is 0 Å². The number of H-pyrrole nitrogens is 1. The minimum atomic E-state index is 0.742. The first-order chi connectivity index (χ1) is 13.4. The van der Waals surface area contributed by atoms with Gasteiger partial charge in [-0.2, -0.15) is 5.10 Å². The van der Waals surface area contributed by atoms with Gasteiger partial charge in [0.2, 0.25) is 0 Å². The highest BCUT2D eigenvalue weighted by atomic mass is 16.5. The Bertz CT molecular complexity index is 880. The Labute approximate surface area is 159 Å². The Hall–Kier alpha value is -2.63. The molecular formula is C22H25N3O2. The summed E-state index contributed by atoms with van der Waals surface area (Å²) in [6.07, 6.45) is 5.15. The SMILES string of the molecule is C(=Cc1n[nH]c2ccccc12)c1ccc(OCCCN2CCOCC2)cc1. The number of morpholine rings is 1. The number of rotatable bonds is 7. The molecule has 2 aromatic carbocycles. The third-order valence-corrected chi connectivity index (χ3v) is 4.80. The van der Waals surface area contributed by atoms with Crippen LogP contribution < -0.4 is 4.74 Å². The van der Waals surface area contributed by atoms with Gasteiger partial charge in [0.1, 0.15) is 5.75 Å². The van der Waals surface area contributed by atoms with Crippen LogP contribution >= 0.6 is 0 Å². The summed E-state index contributed by atoms with van der Waals surface area (Å²) in [6, 6.07) is 16.3. The number of ether oxygens (including phenoxy) is 2. The second kappa shape index (κ2) is 8.84. The largest absolute Gasteiger partial charge is 0.494 e. The molecule has 1 aliphatic rings. The quantitative estimate of drug-likeness (QED) is 0.648. The van der Waals surface area contributed by atoms with E-state index in [0.29, 0.717) is 0 Å². The fourth-order valence-corrected chi connectivity index (χ4v) is 3.26. The topological polar surface area (TPSA) is 50.4 Å². The van der Waals surface area contributed by atoms with Gasteiger partial charge >= 0.3 is 0 Å². The predicted octanol–water partition coefficient (Wildman–Crippen LogP) is 3.83. The molecule has 0 atom stereocenters. The summed E-state index contributed by atoms with van der Waals surface area (Å²) in [5, 5.41) is 8.56. The number of benzene rings is 2. The zero-order valence-electron chi connectivity index (χ0n) is 15.4. The molecule has 1 saturated heterocycles. The van der Waals surface area contributed by atoms with Gasteiger partial charge < -0.3 is 9.47 Å². The fraction of sp³-hybridized carbons (Fsp3) is 0.318. The van der Waals surface area contributed by atoms with Crippen LogP contribution in [0, 0.1) is 0 Å². The minimum absolute atomic E-state index is 0.742. The van der Waals surface area contributed by atoms with Gasteiger partial charge in [0, 0.05) is 25.0 Å². The zero-order valence-corrected chi connectivity index (χ0v) is 15.4. The highest BCUT2D eigenvalue weighted by Gasteiger charge is 2.09. The van der Waals surface area contributed by atoms with Crippen LogP contribution in [0.15, 0.2) is 48.5 Å². The molecule has 1 fully saturated rings. The molecule has 2 heterocycles. The van der Waals surface area contributed by atoms with Crippen molar-refractivity contribution in [1.29, 1.82) is 0 Å². The summed E-state index contributed by atoms with van der Waals surface area (Å²) >= 11 is 0. The fourth-order valence-electron chi connectivity index (χ4n) is 3.26. The van der Waals surface area contributed by atoms with E-state index in [1.165, 1.54) is 0 Å². The average Bonchev–Trinajstić information content (AvgIpc) is 3.14. The van der Waals surface area contributed by atoms with Crippen molar-refractivity contribution in [3.63, 3.8) is 0 Å². The third kappa shape index (κ3) is 4.76. The number of fused-ring (bicyclic) bond motifs is 1. The van der Waals surface area contributed by atoms with E-state index in [1.807, 2.05) is 36.4 Å². The van der Waals surface area contributed by atoms with E-state index in [1.54, 1.807) is 0 Å². The molecule has 1 aromatic heterocycles. The van der Waals surface area contributed by atoms with Gasteiger partial charge in [0.25, 0.3) is 0 Å². The van der Waals surface area contributed by atoms with Crippen LogP contribution in [0.3, 0.4) is 0 Å². The van der Waals surface area contributed by atoms with Crippen molar-refractivity contribution in [2.45, 2.75) is 6.42 Å². The summed E-state index contributed by atoms with van der Waals surface area (Å²) in [6.45, 7) is 5.58. The van der Waals surface area contributed by atoms with E-state index in [0.717, 1.165) is 73.8 Å².